The fraction of sp³-hybridized carbons (Fsp3) is 0.150. The first-order valence-corrected chi connectivity index (χ1v) is 8.42. The summed E-state index contributed by atoms with van der Waals surface area (Å²) in [6, 6.07) is 15.0. The third-order valence-electron chi connectivity index (χ3n) is 4.11. The van der Waals surface area contributed by atoms with Crippen molar-refractivity contribution in [3.05, 3.63) is 72.4 Å². The van der Waals surface area contributed by atoms with Gasteiger partial charge in [-0.15, -0.1) is 0 Å². The van der Waals surface area contributed by atoms with E-state index in [4.69, 9.17) is 9.47 Å². The molecule has 1 atom stereocenters. The molecule has 0 bridgehead atoms. The Hall–Kier alpha value is -3.48. The molecule has 4 rings (SSSR count). The van der Waals surface area contributed by atoms with Crippen LogP contribution in [0.2, 0.25) is 0 Å². The number of nitrogens with zero attached hydrogens (tertiary/aromatic N) is 2. The number of nitrogens with one attached hydrogen (secondary N) is 1. The van der Waals surface area contributed by atoms with Crippen molar-refractivity contribution < 1.29 is 18.7 Å². The van der Waals surface area contributed by atoms with Gasteiger partial charge in [0, 0.05) is 5.56 Å². The summed E-state index contributed by atoms with van der Waals surface area (Å²) in [5.74, 6) is 0.578. The summed E-state index contributed by atoms with van der Waals surface area (Å²) in [6.07, 6.45) is 0.690. The third kappa shape index (κ3) is 3.87. The number of hydrogen-bond donors (Lipinski definition) is 1. The molecular formula is C20H16FN3O3. The Balaban J connectivity index is 1.40. The van der Waals surface area contributed by atoms with Crippen LogP contribution in [-0.4, -0.2) is 28.6 Å². The van der Waals surface area contributed by atoms with Gasteiger partial charge in [-0.3, -0.25) is 4.79 Å². The van der Waals surface area contributed by atoms with Gasteiger partial charge in [-0.2, -0.15) is 0 Å². The molecule has 2 aromatic carbocycles. The van der Waals surface area contributed by atoms with Crippen molar-refractivity contribution in [1.29, 1.82) is 0 Å². The molecule has 1 unspecified atom stereocenters. The molecule has 0 spiro atoms. The average Bonchev–Trinajstić information content (AvgIpc) is 2.72. The number of ether oxygens (including phenoxy) is 2. The van der Waals surface area contributed by atoms with Gasteiger partial charge >= 0.3 is 0 Å². The van der Waals surface area contributed by atoms with Crippen molar-refractivity contribution in [3.63, 3.8) is 0 Å². The van der Waals surface area contributed by atoms with Crippen LogP contribution in [0.15, 0.2) is 60.9 Å². The van der Waals surface area contributed by atoms with Crippen molar-refractivity contribution in [3.8, 4) is 22.8 Å². The largest absolute Gasteiger partial charge is 0.485 e. The second kappa shape index (κ2) is 7.41. The van der Waals surface area contributed by atoms with Gasteiger partial charge in [-0.25, -0.2) is 14.4 Å². The maximum atomic E-state index is 13.1. The lowest BCUT2D eigenvalue weighted by Gasteiger charge is -2.25. The second-order valence-corrected chi connectivity index (χ2v) is 5.98. The standard InChI is InChI=1S/C20H16FN3O3/c21-14-7-5-13(6-8-14)16-9-15(23-12-24-16)10-22-20(25)19-11-26-17-3-1-2-4-18(17)27-19/h1-9,12,19H,10-11H2,(H,22,25). The summed E-state index contributed by atoms with van der Waals surface area (Å²) >= 11 is 0. The smallest absolute Gasteiger partial charge is 0.265 e. The first-order valence-electron chi connectivity index (χ1n) is 8.42. The number of carbonyl (C=O) groups excluding carboxylic acids is 1. The zero-order valence-electron chi connectivity index (χ0n) is 14.3. The minimum atomic E-state index is -0.724. The summed E-state index contributed by atoms with van der Waals surface area (Å²) in [6.45, 7) is 0.366. The minimum absolute atomic E-state index is 0.146. The maximum absolute atomic E-state index is 13.1. The average molecular weight is 365 g/mol. The molecule has 0 fully saturated rings. The Morgan fingerprint density at radius 3 is 2.70 bits per heavy atom. The molecule has 3 aromatic rings. The van der Waals surface area contributed by atoms with Gasteiger partial charge in [0.1, 0.15) is 18.8 Å². The second-order valence-electron chi connectivity index (χ2n) is 5.98. The number of hydrogen-bond acceptors (Lipinski definition) is 5. The summed E-state index contributed by atoms with van der Waals surface area (Å²) in [4.78, 5) is 20.7. The van der Waals surface area contributed by atoms with Crippen LogP contribution in [-0.2, 0) is 11.3 Å². The topological polar surface area (TPSA) is 73.3 Å². The van der Waals surface area contributed by atoms with Crippen LogP contribution in [0, 0.1) is 5.82 Å². The van der Waals surface area contributed by atoms with Gasteiger partial charge in [-0.1, -0.05) is 12.1 Å². The zero-order chi connectivity index (χ0) is 18.6. The summed E-state index contributed by atoms with van der Waals surface area (Å²) in [5.41, 5.74) is 2.06. The first kappa shape index (κ1) is 17.0. The summed E-state index contributed by atoms with van der Waals surface area (Å²) in [7, 11) is 0. The SMILES string of the molecule is O=C(NCc1cc(-c2ccc(F)cc2)ncn1)C1COc2ccccc2O1. The number of rotatable bonds is 4. The molecule has 27 heavy (non-hydrogen) atoms. The molecule has 2 heterocycles. The van der Waals surface area contributed by atoms with Crippen molar-refractivity contribution in [2.24, 2.45) is 0 Å². The molecular weight excluding hydrogens is 349 g/mol. The van der Waals surface area contributed by atoms with Crippen LogP contribution in [0.1, 0.15) is 5.69 Å². The lowest BCUT2D eigenvalue weighted by Crippen LogP contribution is -2.43. The third-order valence-corrected chi connectivity index (χ3v) is 4.11. The lowest BCUT2D eigenvalue weighted by molar-refractivity contribution is -0.130. The Labute approximate surface area is 155 Å². The quantitative estimate of drug-likeness (QED) is 0.770. The molecule has 1 aromatic heterocycles. The van der Waals surface area contributed by atoms with Gasteiger partial charge in [-0.05, 0) is 42.5 Å². The number of para-hydroxylation sites is 2. The van der Waals surface area contributed by atoms with E-state index in [2.05, 4.69) is 15.3 Å². The zero-order valence-corrected chi connectivity index (χ0v) is 14.3. The number of fused-ring (bicyclic) bond motifs is 1. The molecule has 0 radical (unpaired) electrons. The maximum Gasteiger partial charge on any atom is 0.265 e. The number of benzene rings is 2. The molecule has 1 N–H and O–H groups in total. The van der Waals surface area contributed by atoms with E-state index in [9.17, 15) is 9.18 Å². The molecule has 1 amide bonds. The summed E-state index contributed by atoms with van der Waals surface area (Å²) in [5, 5.41) is 2.79. The van der Waals surface area contributed by atoms with Gasteiger partial charge in [0.15, 0.2) is 11.5 Å². The summed E-state index contributed by atoms with van der Waals surface area (Å²) < 4.78 is 24.3. The first-order chi connectivity index (χ1) is 13.2. The van der Waals surface area contributed by atoms with E-state index in [-0.39, 0.29) is 24.9 Å². The highest BCUT2D eigenvalue weighted by atomic mass is 19.1. The van der Waals surface area contributed by atoms with Gasteiger partial charge < -0.3 is 14.8 Å². The van der Waals surface area contributed by atoms with Crippen molar-refractivity contribution >= 4 is 5.91 Å². The van der Waals surface area contributed by atoms with E-state index in [1.54, 1.807) is 30.3 Å². The normalized spacial score (nSPS) is 15.2. The van der Waals surface area contributed by atoms with Crippen molar-refractivity contribution in [1.82, 2.24) is 15.3 Å². The van der Waals surface area contributed by atoms with Crippen LogP contribution in [0.5, 0.6) is 11.5 Å². The molecule has 7 heteroatoms. The highest BCUT2D eigenvalue weighted by molar-refractivity contribution is 5.81. The molecule has 136 valence electrons. The predicted molar refractivity (Wildman–Crippen MR) is 95.6 cm³/mol. The molecule has 0 saturated heterocycles. The Morgan fingerprint density at radius 2 is 1.89 bits per heavy atom. The highest BCUT2D eigenvalue weighted by Crippen LogP contribution is 2.30. The molecule has 1 aliphatic rings. The van der Waals surface area contributed by atoms with Gasteiger partial charge in [0.05, 0.1) is 17.9 Å². The molecule has 0 saturated carbocycles. The van der Waals surface area contributed by atoms with Crippen LogP contribution in [0.25, 0.3) is 11.3 Å². The van der Waals surface area contributed by atoms with Gasteiger partial charge in [0.2, 0.25) is 6.10 Å². The molecule has 1 aliphatic heterocycles. The highest BCUT2D eigenvalue weighted by Gasteiger charge is 2.27. The Morgan fingerprint density at radius 1 is 1.11 bits per heavy atom. The van der Waals surface area contributed by atoms with Gasteiger partial charge in [0.25, 0.3) is 5.91 Å². The van der Waals surface area contributed by atoms with Crippen molar-refractivity contribution in [2.45, 2.75) is 12.6 Å². The van der Waals surface area contributed by atoms with E-state index >= 15 is 0 Å². The number of halogens is 1. The fourth-order valence-electron chi connectivity index (χ4n) is 2.71. The Kier molecular flexibility index (Phi) is 4.65. The van der Waals surface area contributed by atoms with E-state index in [1.807, 2.05) is 12.1 Å². The minimum Gasteiger partial charge on any atom is -0.485 e. The van der Waals surface area contributed by atoms with Crippen LogP contribution in [0.3, 0.4) is 0 Å². The van der Waals surface area contributed by atoms with E-state index < -0.39 is 6.10 Å². The van der Waals surface area contributed by atoms with Crippen LogP contribution in [0.4, 0.5) is 4.39 Å². The number of aromatic nitrogens is 2. The number of amides is 1. The van der Waals surface area contributed by atoms with E-state index in [1.165, 1.54) is 18.5 Å². The predicted octanol–water partition coefficient (Wildman–Crippen LogP) is 2.74. The van der Waals surface area contributed by atoms with E-state index in [0.29, 0.717) is 22.9 Å². The molecule has 0 aliphatic carbocycles. The van der Waals surface area contributed by atoms with Crippen LogP contribution < -0.4 is 14.8 Å². The lowest BCUT2D eigenvalue weighted by atomic mass is 10.1. The Bertz CT molecular complexity index is 963. The van der Waals surface area contributed by atoms with E-state index in [0.717, 1.165) is 5.56 Å². The number of carbonyl (C=O) groups is 1. The molecule has 6 nitrogen and oxygen atoms in total. The fourth-order valence-corrected chi connectivity index (χ4v) is 2.71. The van der Waals surface area contributed by atoms with Crippen LogP contribution >= 0.6 is 0 Å². The monoisotopic (exact) mass is 365 g/mol. The van der Waals surface area contributed by atoms with Crippen molar-refractivity contribution in [2.75, 3.05) is 6.61 Å².